The van der Waals surface area contributed by atoms with Crippen LogP contribution in [0.1, 0.15) is 28.8 Å². The number of fused-ring (bicyclic) bond motifs is 1. The Balaban J connectivity index is 1.68. The highest BCUT2D eigenvalue weighted by Crippen LogP contribution is 2.26. The first-order valence-electron chi connectivity index (χ1n) is 8.43. The highest BCUT2D eigenvalue weighted by molar-refractivity contribution is 7.99. The van der Waals surface area contributed by atoms with E-state index in [1.54, 1.807) is 19.9 Å². The Bertz CT molecular complexity index is 1070. The number of nitrogens with one attached hydrogen (secondary N) is 2. The number of thiophene rings is 1. The molecule has 0 aliphatic heterocycles. The van der Waals surface area contributed by atoms with Crippen LogP contribution in [0.4, 0.5) is 10.1 Å². The molecule has 8 heteroatoms. The Morgan fingerprint density at radius 3 is 2.81 bits per heavy atom. The van der Waals surface area contributed by atoms with Crippen LogP contribution in [0, 0.1) is 26.6 Å². The SMILES string of the molecule is Cc1cc(F)ccc1NC(=O)[C@H](C)SCc1nc2sc(C)c(C)c2c(=O)[nH]1. The Kier molecular flexibility index (Phi) is 5.67. The van der Waals surface area contributed by atoms with Crippen LogP contribution in [0.2, 0.25) is 0 Å². The molecule has 0 unspecified atom stereocenters. The molecular weight excluding hydrogens is 385 g/mol. The third-order valence-electron chi connectivity index (χ3n) is 4.37. The van der Waals surface area contributed by atoms with Crippen molar-refractivity contribution >= 4 is 44.9 Å². The smallest absolute Gasteiger partial charge is 0.259 e. The third kappa shape index (κ3) is 4.22. The Morgan fingerprint density at radius 2 is 2.11 bits per heavy atom. The number of aryl methyl sites for hydroxylation is 3. The number of nitrogens with zero attached hydrogens (tertiary/aromatic N) is 1. The van der Waals surface area contributed by atoms with E-state index < -0.39 is 0 Å². The summed E-state index contributed by atoms with van der Waals surface area (Å²) in [5.74, 6) is 0.452. The van der Waals surface area contributed by atoms with Crippen LogP contribution in [-0.2, 0) is 10.5 Å². The number of anilines is 1. The summed E-state index contributed by atoms with van der Waals surface area (Å²) < 4.78 is 13.2. The van der Waals surface area contributed by atoms with Crippen molar-refractivity contribution in [2.75, 3.05) is 5.32 Å². The number of aromatic amines is 1. The van der Waals surface area contributed by atoms with Crippen molar-refractivity contribution in [3.63, 3.8) is 0 Å². The monoisotopic (exact) mass is 405 g/mol. The third-order valence-corrected chi connectivity index (χ3v) is 6.63. The minimum absolute atomic E-state index is 0.142. The van der Waals surface area contributed by atoms with Crippen LogP contribution < -0.4 is 10.9 Å². The van der Waals surface area contributed by atoms with E-state index in [2.05, 4.69) is 15.3 Å². The van der Waals surface area contributed by atoms with E-state index in [0.29, 0.717) is 28.2 Å². The van der Waals surface area contributed by atoms with Crippen molar-refractivity contribution < 1.29 is 9.18 Å². The van der Waals surface area contributed by atoms with Crippen molar-refractivity contribution in [1.82, 2.24) is 9.97 Å². The van der Waals surface area contributed by atoms with Gasteiger partial charge < -0.3 is 10.3 Å². The maximum absolute atomic E-state index is 13.2. The highest BCUT2D eigenvalue weighted by atomic mass is 32.2. The minimum atomic E-state index is -0.359. The number of amides is 1. The molecule has 1 aromatic carbocycles. The van der Waals surface area contributed by atoms with Crippen molar-refractivity contribution in [2.24, 2.45) is 0 Å². The number of hydrogen-bond donors (Lipinski definition) is 2. The van der Waals surface area contributed by atoms with Gasteiger partial charge in [0.15, 0.2) is 0 Å². The van der Waals surface area contributed by atoms with Gasteiger partial charge in [-0.15, -0.1) is 23.1 Å². The second-order valence-corrected chi connectivity index (χ2v) is 8.91. The van der Waals surface area contributed by atoms with E-state index in [0.717, 1.165) is 15.3 Å². The molecule has 2 aromatic heterocycles. The van der Waals surface area contributed by atoms with E-state index in [-0.39, 0.29) is 22.5 Å². The van der Waals surface area contributed by atoms with Crippen LogP contribution in [0.5, 0.6) is 0 Å². The number of halogens is 1. The van der Waals surface area contributed by atoms with Gasteiger partial charge in [0.25, 0.3) is 5.56 Å². The quantitative estimate of drug-likeness (QED) is 0.663. The molecule has 0 spiro atoms. The first-order valence-corrected chi connectivity index (χ1v) is 10.3. The first-order chi connectivity index (χ1) is 12.8. The topological polar surface area (TPSA) is 74.8 Å². The summed E-state index contributed by atoms with van der Waals surface area (Å²) in [4.78, 5) is 33.8. The summed E-state index contributed by atoms with van der Waals surface area (Å²) in [5, 5.41) is 3.09. The fourth-order valence-electron chi connectivity index (χ4n) is 2.65. The van der Waals surface area contributed by atoms with Gasteiger partial charge in [0, 0.05) is 10.6 Å². The largest absolute Gasteiger partial charge is 0.325 e. The first kappa shape index (κ1) is 19.6. The van der Waals surface area contributed by atoms with Gasteiger partial charge in [-0.1, -0.05) is 0 Å². The van der Waals surface area contributed by atoms with Gasteiger partial charge in [0.2, 0.25) is 5.91 Å². The van der Waals surface area contributed by atoms with Gasteiger partial charge in [-0.3, -0.25) is 9.59 Å². The summed E-state index contributed by atoms with van der Waals surface area (Å²) in [7, 11) is 0. The lowest BCUT2D eigenvalue weighted by atomic mass is 10.2. The average Bonchev–Trinajstić information content (AvgIpc) is 2.89. The number of carbonyl (C=O) groups is 1. The molecule has 1 amide bonds. The molecule has 0 radical (unpaired) electrons. The van der Waals surface area contributed by atoms with E-state index >= 15 is 0 Å². The minimum Gasteiger partial charge on any atom is -0.325 e. The molecule has 142 valence electrons. The number of benzene rings is 1. The highest BCUT2D eigenvalue weighted by Gasteiger charge is 2.17. The van der Waals surface area contributed by atoms with Crippen LogP contribution in [0.15, 0.2) is 23.0 Å². The summed E-state index contributed by atoms with van der Waals surface area (Å²) in [6, 6.07) is 4.24. The predicted octanol–water partition coefficient (Wildman–Crippen LogP) is 4.31. The van der Waals surface area contributed by atoms with E-state index in [1.165, 1.54) is 35.2 Å². The molecule has 2 N–H and O–H groups in total. The van der Waals surface area contributed by atoms with Crippen LogP contribution in [0.3, 0.4) is 0 Å². The number of H-pyrrole nitrogens is 1. The molecule has 2 heterocycles. The van der Waals surface area contributed by atoms with Crippen LogP contribution in [-0.4, -0.2) is 21.1 Å². The Labute approximate surface area is 164 Å². The van der Waals surface area contributed by atoms with Gasteiger partial charge in [0.05, 0.1) is 16.4 Å². The maximum atomic E-state index is 13.2. The molecule has 0 bridgehead atoms. The second-order valence-electron chi connectivity index (χ2n) is 6.38. The van der Waals surface area contributed by atoms with E-state index in [9.17, 15) is 14.0 Å². The van der Waals surface area contributed by atoms with Gasteiger partial charge in [-0.05, 0) is 57.0 Å². The van der Waals surface area contributed by atoms with Gasteiger partial charge >= 0.3 is 0 Å². The predicted molar refractivity (Wildman–Crippen MR) is 110 cm³/mol. The van der Waals surface area contributed by atoms with Crippen molar-refractivity contribution in [3.05, 3.63) is 56.2 Å². The number of carbonyl (C=O) groups excluding carboxylic acids is 1. The summed E-state index contributed by atoms with van der Waals surface area (Å²) >= 11 is 2.88. The fourth-order valence-corrected chi connectivity index (χ4v) is 4.45. The molecule has 27 heavy (non-hydrogen) atoms. The lowest BCUT2D eigenvalue weighted by Gasteiger charge is -2.13. The molecule has 5 nitrogen and oxygen atoms in total. The lowest BCUT2D eigenvalue weighted by molar-refractivity contribution is -0.115. The Morgan fingerprint density at radius 1 is 1.37 bits per heavy atom. The molecule has 0 aliphatic rings. The maximum Gasteiger partial charge on any atom is 0.259 e. The zero-order valence-corrected chi connectivity index (χ0v) is 17.1. The summed E-state index contributed by atoms with van der Waals surface area (Å²) in [6.45, 7) is 7.42. The van der Waals surface area contributed by atoms with Crippen LogP contribution in [0.25, 0.3) is 10.2 Å². The van der Waals surface area contributed by atoms with E-state index in [4.69, 9.17) is 0 Å². The number of aromatic nitrogens is 2. The van der Waals surface area contributed by atoms with Crippen LogP contribution >= 0.6 is 23.1 Å². The standard InChI is InChI=1S/C19H20FN3O2S2/c1-9-7-13(20)5-6-14(9)21-17(24)12(4)26-8-15-22-18(25)16-10(2)11(3)27-19(16)23-15/h5-7,12H,8H2,1-4H3,(H,21,24)(H,22,23,25)/t12-/m0/s1. The fraction of sp³-hybridized carbons (Fsp3) is 0.316. The number of rotatable bonds is 5. The summed E-state index contributed by atoms with van der Waals surface area (Å²) in [5.41, 5.74) is 2.08. The second kappa shape index (κ2) is 7.82. The molecule has 3 aromatic rings. The zero-order valence-electron chi connectivity index (χ0n) is 15.5. The zero-order chi connectivity index (χ0) is 19.7. The molecule has 0 aliphatic carbocycles. The molecule has 3 rings (SSSR count). The lowest BCUT2D eigenvalue weighted by Crippen LogP contribution is -2.23. The normalized spacial score (nSPS) is 12.3. The van der Waals surface area contributed by atoms with Crippen molar-refractivity contribution in [2.45, 2.75) is 38.7 Å². The van der Waals surface area contributed by atoms with Gasteiger partial charge in [-0.25, -0.2) is 9.37 Å². The van der Waals surface area contributed by atoms with Gasteiger partial charge in [0.1, 0.15) is 16.5 Å². The van der Waals surface area contributed by atoms with Gasteiger partial charge in [-0.2, -0.15) is 0 Å². The Hall–Kier alpha value is -2.19. The molecular formula is C19H20FN3O2S2. The number of hydrogen-bond acceptors (Lipinski definition) is 5. The summed E-state index contributed by atoms with van der Waals surface area (Å²) in [6.07, 6.45) is 0. The molecule has 0 saturated carbocycles. The van der Waals surface area contributed by atoms with Crippen molar-refractivity contribution in [1.29, 1.82) is 0 Å². The molecule has 0 fully saturated rings. The van der Waals surface area contributed by atoms with Crippen molar-refractivity contribution in [3.8, 4) is 0 Å². The average molecular weight is 406 g/mol. The van der Waals surface area contributed by atoms with E-state index in [1.807, 2.05) is 13.8 Å². The molecule has 0 saturated heterocycles. The molecule has 1 atom stereocenters. The number of thioether (sulfide) groups is 1.